The highest BCUT2D eigenvalue weighted by atomic mass is 19.1. The molecule has 0 radical (unpaired) electrons. The quantitative estimate of drug-likeness (QED) is 0.661. The number of nitrogens with one attached hydrogen (secondary N) is 2. The number of hydrogen-bond acceptors (Lipinski definition) is 2. The van der Waals surface area contributed by atoms with Gasteiger partial charge in [0.25, 0.3) is 0 Å². The Bertz CT molecular complexity index is 305. The molecule has 2 N–H and O–H groups in total. The van der Waals surface area contributed by atoms with Crippen molar-refractivity contribution >= 4 is 12.2 Å². The number of halogens is 1. The van der Waals surface area contributed by atoms with Crippen LogP contribution in [0, 0.1) is 0 Å². The smallest absolute Gasteiger partial charge is 0.212 e. The summed E-state index contributed by atoms with van der Waals surface area (Å²) in [6, 6.07) is 1.52. The van der Waals surface area contributed by atoms with Crippen molar-refractivity contribution in [3.63, 3.8) is 0 Å². The van der Waals surface area contributed by atoms with Gasteiger partial charge in [-0.3, -0.25) is 9.89 Å². The van der Waals surface area contributed by atoms with E-state index >= 15 is 0 Å². The molecule has 0 spiro atoms. The number of amides is 1. The Morgan fingerprint density at radius 3 is 3.08 bits per heavy atom. The molecule has 1 aromatic heterocycles. The van der Waals surface area contributed by atoms with Gasteiger partial charge in [0.1, 0.15) is 0 Å². The number of anilines is 1. The number of H-pyrrole nitrogens is 1. The van der Waals surface area contributed by atoms with Crippen LogP contribution < -0.4 is 5.32 Å². The first-order chi connectivity index (χ1) is 5.74. The van der Waals surface area contributed by atoms with Gasteiger partial charge in [-0.15, -0.1) is 0 Å². The van der Waals surface area contributed by atoms with Gasteiger partial charge in [-0.25, -0.2) is 4.39 Å². The molecular formula is C7H8FN3O. The fraction of sp³-hybridized carbons (Fsp3) is 0.429. The van der Waals surface area contributed by atoms with Gasteiger partial charge in [-0.1, -0.05) is 0 Å². The normalized spacial score (nSPS) is 18.8. The lowest BCUT2D eigenvalue weighted by atomic mass is 10.2. The predicted octanol–water partition coefficient (Wildman–Crippen LogP) is 0.937. The second-order valence-electron chi connectivity index (χ2n) is 2.89. The minimum Gasteiger partial charge on any atom is -0.312 e. The molecule has 64 valence electrons. The maximum atomic E-state index is 13.3. The summed E-state index contributed by atoms with van der Waals surface area (Å²) in [5.41, 5.74) is -0.762. The topological polar surface area (TPSA) is 57.8 Å². The molecular weight excluding hydrogens is 161 g/mol. The molecule has 12 heavy (non-hydrogen) atoms. The Kier molecular flexibility index (Phi) is 1.39. The van der Waals surface area contributed by atoms with Crippen molar-refractivity contribution in [2.24, 2.45) is 0 Å². The zero-order valence-electron chi connectivity index (χ0n) is 6.30. The highest BCUT2D eigenvalue weighted by molar-refractivity contribution is 5.68. The summed E-state index contributed by atoms with van der Waals surface area (Å²) in [6.07, 6.45) is 1.59. The monoisotopic (exact) mass is 169 g/mol. The van der Waals surface area contributed by atoms with E-state index in [0.717, 1.165) is 0 Å². The fourth-order valence-electron chi connectivity index (χ4n) is 1.06. The lowest BCUT2D eigenvalue weighted by Gasteiger charge is -1.96. The van der Waals surface area contributed by atoms with Crippen LogP contribution in [0.3, 0.4) is 0 Å². The van der Waals surface area contributed by atoms with E-state index in [1.165, 1.54) is 6.07 Å². The third-order valence-electron chi connectivity index (χ3n) is 1.96. The van der Waals surface area contributed by atoms with Crippen LogP contribution in [0.2, 0.25) is 0 Å². The Balaban J connectivity index is 2.18. The van der Waals surface area contributed by atoms with E-state index in [-0.39, 0.29) is 0 Å². The van der Waals surface area contributed by atoms with Gasteiger partial charge in [0.05, 0.1) is 5.69 Å². The first kappa shape index (κ1) is 7.27. The van der Waals surface area contributed by atoms with E-state index in [1.54, 1.807) is 0 Å². The van der Waals surface area contributed by atoms with Gasteiger partial charge in [0.2, 0.25) is 6.41 Å². The third kappa shape index (κ3) is 1.07. The van der Waals surface area contributed by atoms with E-state index in [2.05, 4.69) is 15.5 Å². The Morgan fingerprint density at radius 1 is 1.75 bits per heavy atom. The molecule has 4 nitrogen and oxygen atoms in total. The molecule has 0 unspecified atom stereocenters. The van der Waals surface area contributed by atoms with E-state index < -0.39 is 5.67 Å². The van der Waals surface area contributed by atoms with Gasteiger partial charge >= 0.3 is 0 Å². The number of aromatic amines is 1. The van der Waals surface area contributed by atoms with Crippen molar-refractivity contribution in [2.75, 3.05) is 5.32 Å². The predicted molar refractivity (Wildman–Crippen MR) is 40.3 cm³/mol. The number of carbonyl (C=O) groups is 1. The first-order valence-corrected chi connectivity index (χ1v) is 3.70. The minimum atomic E-state index is -1.21. The standard InChI is InChI=1S/C7H8FN3O/c8-7(1-2-7)5-3-6(9-4-12)11-10-5/h3-4H,1-2H2,(H2,9,10,11,12). The summed E-state index contributed by atoms with van der Waals surface area (Å²) >= 11 is 0. The SMILES string of the molecule is O=CNc1cc(C2(F)CC2)[nH]n1. The first-order valence-electron chi connectivity index (χ1n) is 3.70. The van der Waals surface area contributed by atoms with Crippen LogP contribution >= 0.6 is 0 Å². The zero-order chi connectivity index (χ0) is 8.60. The molecule has 0 aliphatic heterocycles. The molecule has 0 bridgehead atoms. The van der Waals surface area contributed by atoms with E-state index in [1.807, 2.05) is 0 Å². The van der Waals surface area contributed by atoms with Gasteiger partial charge < -0.3 is 5.32 Å². The van der Waals surface area contributed by atoms with Crippen molar-refractivity contribution in [1.82, 2.24) is 10.2 Å². The zero-order valence-corrected chi connectivity index (χ0v) is 6.30. The molecule has 1 aliphatic carbocycles. The summed E-state index contributed by atoms with van der Waals surface area (Å²) < 4.78 is 13.3. The lowest BCUT2D eigenvalue weighted by Crippen LogP contribution is -1.96. The van der Waals surface area contributed by atoms with Crippen molar-refractivity contribution < 1.29 is 9.18 Å². The maximum Gasteiger partial charge on any atom is 0.212 e. The van der Waals surface area contributed by atoms with Crippen molar-refractivity contribution in [3.8, 4) is 0 Å². The number of rotatable bonds is 3. The van der Waals surface area contributed by atoms with Crippen molar-refractivity contribution in [1.29, 1.82) is 0 Å². The lowest BCUT2D eigenvalue weighted by molar-refractivity contribution is -0.105. The summed E-state index contributed by atoms with van der Waals surface area (Å²) in [7, 11) is 0. The number of carbonyl (C=O) groups excluding carboxylic acids is 1. The molecule has 1 heterocycles. The number of alkyl halides is 1. The minimum absolute atomic E-state index is 0.365. The molecule has 1 fully saturated rings. The van der Waals surface area contributed by atoms with Gasteiger partial charge in [-0.05, 0) is 12.8 Å². The van der Waals surface area contributed by atoms with E-state index in [0.29, 0.717) is 30.8 Å². The number of hydrogen-bond donors (Lipinski definition) is 2. The Morgan fingerprint density at radius 2 is 2.50 bits per heavy atom. The van der Waals surface area contributed by atoms with Crippen LogP contribution in [0.4, 0.5) is 10.2 Å². The van der Waals surface area contributed by atoms with Crippen LogP contribution in [-0.2, 0) is 10.5 Å². The molecule has 2 rings (SSSR count). The van der Waals surface area contributed by atoms with Gasteiger partial charge in [0.15, 0.2) is 11.5 Å². The molecule has 1 aliphatic rings. The van der Waals surface area contributed by atoms with Crippen LogP contribution in [-0.4, -0.2) is 16.6 Å². The van der Waals surface area contributed by atoms with E-state index in [4.69, 9.17) is 0 Å². The van der Waals surface area contributed by atoms with Crippen LogP contribution in [0.1, 0.15) is 18.5 Å². The summed E-state index contributed by atoms with van der Waals surface area (Å²) in [5.74, 6) is 0.365. The molecule has 0 saturated heterocycles. The second kappa shape index (κ2) is 2.30. The van der Waals surface area contributed by atoms with Gasteiger partial charge in [0, 0.05) is 6.07 Å². The van der Waals surface area contributed by atoms with Crippen LogP contribution in [0.15, 0.2) is 6.07 Å². The largest absolute Gasteiger partial charge is 0.312 e. The molecule has 1 amide bonds. The van der Waals surface area contributed by atoms with Crippen LogP contribution in [0.25, 0.3) is 0 Å². The molecule has 0 aromatic carbocycles. The Hall–Kier alpha value is -1.39. The fourth-order valence-corrected chi connectivity index (χ4v) is 1.06. The molecule has 0 atom stereocenters. The summed E-state index contributed by atoms with van der Waals surface area (Å²) in [4.78, 5) is 9.99. The van der Waals surface area contributed by atoms with Crippen molar-refractivity contribution in [3.05, 3.63) is 11.8 Å². The highest BCUT2D eigenvalue weighted by Crippen LogP contribution is 2.48. The van der Waals surface area contributed by atoms with Crippen molar-refractivity contribution in [2.45, 2.75) is 18.5 Å². The van der Waals surface area contributed by atoms with Crippen LogP contribution in [0.5, 0.6) is 0 Å². The molecule has 1 aromatic rings. The molecule has 5 heteroatoms. The molecule has 1 saturated carbocycles. The number of aromatic nitrogens is 2. The maximum absolute atomic E-state index is 13.3. The average Bonchev–Trinajstić information content (AvgIpc) is 2.64. The third-order valence-corrected chi connectivity index (χ3v) is 1.96. The number of nitrogens with zero attached hydrogens (tertiary/aromatic N) is 1. The summed E-state index contributed by atoms with van der Waals surface area (Å²) in [6.45, 7) is 0. The Labute approximate surface area is 68.2 Å². The van der Waals surface area contributed by atoms with E-state index in [9.17, 15) is 9.18 Å². The van der Waals surface area contributed by atoms with Gasteiger partial charge in [-0.2, -0.15) is 5.10 Å². The highest BCUT2D eigenvalue weighted by Gasteiger charge is 2.46. The second-order valence-corrected chi connectivity index (χ2v) is 2.89. The summed E-state index contributed by atoms with van der Waals surface area (Å²) in [5, 5.41) is 8.59. The average molecular weight is 169 g/mol.